The Morgan fingerprint density at radius 2 is 1.91 bits per heavy atom. The van der Waals surface area contributed by atoms with E-state index in [9.17, 15) is 14.0 Å². The van der Waals surface area contributed by atoms with E-state index in [0.717, 1.165) is 10.7 Å². The molecule has 3 aromatic heterocycles. The van der Waals surface area contributed by atoms with Gasteiger partial charge in [0.05, 0.1) is 16.3 Å². The van der Waals surface area contributed by atoms with Gasteiger partial charge in [0.25, 0.3) is 5.89 Å². The summed E-state index contributed by atoms with van der Waals surface area (Å²) in [6.45, 7) is -0.424. The quantitative estimate of drug-likeness (QED) is 0.387. The molecule has 0 fully saturated rings. The van der Waals surface area contributed by atoms with Crippen LogP contribution in [0.15, 0.2) is 70.1 Å². The molecule has 0 atom stereocenters. The van der Waals surface area contributed by atoms with Crippen LogP contribution in [0.4, 0.5) is 10.1 Å². The maximum atomic E-state index is 13.5. The Hall–Kier alpha value is -4.02. The molecule has 0 saturated heterocycles. The molecular weight excluding hydrogens is 486 g/mol. The molecule has 170 valence electrons. The molecule has 12 heteroatoms. The average Bonchev–Trinajstić information content (AvgIpc) is 3.42. The number of pyridine rings is 1. The second-order valence-electron chi connectivity index (χ2n) is 7.16. The van der Waals surface area contributed by atoms with Crippen molar-refractivity contribution in [2.75, 3.05) is 5.32 Å². The summed E-state index contributed by atoms with van der Waals surface area (Å²) in [6, 6.07) is 13.8. The van der Waals surface area contributed by atoms with Crippen LogP contribution >= 0.6 is 23.2 Å². The van der Waals surface area contributed by atoms with Crippen molar-refractivity contribution in [3.63, 3.8) is 0 Å². The molecule has 34 heavy (non-hydrogen) atoms. The number of carbonyl (C=O) groups is 1. The van der Waals surface area contributed by atoms with Crippen LogP contribution in [0.5, 0.6) is 0 Å². The van der Waals surface area contributed by atoms with Crippen molar-refractivity contribution < 1.29 is 13.7 Å². The van der Waals surface area contributed by atoms with Crippen LogP contribution in [0, 0.1) is 5.82 Å². The van der Waals surface area contributed by atoms with E-state index in [1.54, 1.807) is 36.4 Å². The molecule has 0 aliphatic carbocycles. The van der Waals surface area contributed by atoms with E-state index in [1.807, 2.05) is 0 Å². The number of anilines is 1. The van der Waals surface area contributed by atoms with Crippen molar-refractivity contribution in [3.8, 4) is 22.8 Å². The summed E-state index contributed by atoms with van der Waals surface area (Å²) >= 11 is 11.9. The number of aromatic nitrogens is 5. The van der Waals surface area contributed by atoms with Crippen molar-refractivity contribution in [1.29, 1.82) is 0 Å². The first-order valence-electron chi connectivity index (χ1n) is 9.82. The molecule has 0 aliphatic heterocycles. The molecule has 3 heterocycles. The zero-order chi connectivity index (χ0) is 23.8. The summed E-state index contributed by atoms with van der Waals surface area (Å²) in [7, 11) is 0. The summed E-state index contributed by atoms with van der Waals surface area (Å²) in [5.74, 6) is -0.695. The standard InChI is InChI=1S/C22H13Cl2FN6O3/c23-13-5-3-12(4-6-13)19-27-21(34-29-19)15-2-1-9-30-20(15)28-31(22(30)33)11-18(32)26-17-10-14(25)7-8-16(17)24/h1-10H,11H2,(H,26,32). The van der Waals surface area contributed by atoms with Crippen molar-refractivity contribution in [2.45, 2.75) is 6.54 Å². The zero-order valence-electron chi connectivity index (χ0n) is 17.1. The minimum Gasteiger partial charge on any atom is -0.333 e. The number of hydrogen-bond donors (Lipinski definition) is 1. The third-order valence-corrected chi connectivity index (χ3v) is 5.45. The fourth-order valence-electron chi connectivity index (χ4n) is 3.28. The predicted octanol–water partition coefficient (Wildman–Crippen LogP) is 4.30. The molecular formula is C22H13Cl2FN6O3. The van der Waals surface area contributed by atoms with Crippen molar-refractivity contribution >= 4 is 40.4 Å². The second-order valence-corrected chi connectivity index (χ2v) is 8.00. The minimum atomic E-state index is -0.609. The third kappa shape index (κ3) is 4.16. The number of hydrogen-bond acceptors (Lipinski definition) is 6. The fraction of sp³-hybridized carbons (Fsp3) is 0.0455. The first-order valence-corrected chi connectivity index (χ1v) is 10.6. The summed E-state index contributed by atoms with van der Waals surface area (Å²) in [5, 5.41) is 11.4. The maximum absolute atomic E-state index is 13.5. The molecule has 0 unspecified atom stereocenters. The Bertz CT molecular complexity index is 1590. The number of fused-ring (bicyclic) bond motifs is 1. The first kappa shape index (κ1) is 21.8. The number of nitrogens with zero attached hydrogens (tertiary/aromatic N) is 5. The molecule has 0 spiro atoms. The van der Waals surface area contributed by atoms with Crippen LogP contribution in [0.3, 0.4) is 0 Å². The van der Waals surface area contributed by atoms with Gasteiger partial charge in [-0.25, -0.2) is 18.3 Å². The minimum absolute atomic E-state index is 0.0877. The van der Waals surface area contributed by atoms with E-state index in [2.05, 4.69) is 20.6 Å². The van der Waals surface area contributed by atoms with E-state index in [1.165, 1.54) is 22.7 Å². The molecule has 1 amide bonds. The lowest BCUT2D eigenvalue weighted by atomic mass is 10.2. The van der Waals surface area contributed by atoms with Gasteiger partial charge < -0.3 is 9.84 Å². The van der Waals surface area contributed by atoms with Gasteiger partial charge in [-0.2, -0.15) is 4.98 Å². The van der Waals surface area contributed by atoms with Gasteiger partial charge in [-0.15, -0.1) is 5.10 Å². The number of carbonyl (C=O) groups excluding carboxylic acids is 1. The lowest BCUT2D eigenvalue weighted by molar-refractivity contribution is -0.117. The predicted molar refractivity (Wildman–Crippen MR) is 123 cm³/mol. The van der Waals surface area contributed by atoms with E-state index >= 15 is 0 Å². The highest BCUT2D eigenvalue weighted by molar-refractivity contribution is 6.33. The molecule has 9 nitrogen and oxygen atoms in total. The van der Waals surface area contributed by atoms with Crippen LogP contribution < -0.4 is 11.0 Å². The van der Waals surface area contributed by atoms with Crippen LogP contribution in [0.1, 0.15) is 0 Å². The molecule has 5 rings (SSSR count). The Balaban J connectivity index is 1.45. The van der Waals surface area contributed by atoms with Gasteiger partial charge in [0.15, 0.2) is 5.65 Å². The van der Waals surface area contributed by atoms with Crippen molar-refractivity contribution in [3.05, 3.63) is 87.1 Å². The van der Waals surface area contributed by atoms with Crippen LogP contribution in [-0.2, 0) is 11.3 Å². The van der Waals surface area contributed by atoms with Gasteiger partial charge in [0.2, 0.25) is 11.7 Å². The largest absolute Gasteiger partial charge is 0.350 e. The first-order chi connectivity index (χ1) is 16.4. The van der Waals surface area contributed by atoms with Gasteiger partial charge in [-0.05, 0) is 54.6 Å². The monoisotopic (exact) mass is 498 g/mol. The van der Waals surface area contributed by atoms with Gasteiger partial charge in [0.1, 0.15) is 12.4 Å². The van der Waals surface area contributed by atoms with Gasteiger partial charge in [-0.3, -0.25) is 4.79 Å². The van der Waals surface area contributed by atoms with E-state index < -0.39 is 24.0 Å². The Labute approximate surface area is 200 Å². The van der Waals surface area contributed by atoms with Gasteiger partial charge in [0, 0.05) is 16.8 Å². The Morgan fingerprint density at radius 1 is 1.12 bits per heavy atom. The second kappa shape index (κ2) is 8.73. The van der Waals surface area contributed by atoms with Gasteiger partial charge in [-0.1, -0.05) is 28.4 Å². The van der Waals surface area contributed by atoms with Crippen LogP contribution in [0.25, 0.3) is 28.5 Å². The lowest BCUT2D eigenvalue weighted by Gasteiger charge is -2.06. The lowest BCUT2D eigenvalue weighted by Crippen LogP contribution is -2.28. The topological polar surface area (TPSA) is 107 Å². The number of rotatable bonds is 5. The normalized spacial score (nSPS) is 11.1. The molecule has 5 aromatic rings. The van der Waals surface area contributed by atoms with Gasteiger partial charge >= 0.3 is 5.69 Å². The van der Waals surface area contributed by atoms with Crippen LogP contribution in [-0.4, -0.2) is 30.2 Å². The fourth-order valence-corrected chi connectivity index (χ4v) is 3.57. The molecule has 1 N–H and O–H groups in total. The number of amides is 1. The molecule has 0 saturated carbocycles. The van der Waals surface area contributed by atoms with E-state index in [0.29, 0.717) is 22.0 Å². The smallest absolute Gasteiger partial charge is 0.333 e. The summed E-state index contributed by atoms with van der Waals surface area (Å²) in [6.07, 6.45) is 1.50. The summed E-state index contributed by atoms with van der Waals surface area (Å²) in [5.41, 5.74) is 0.844. The molecule has 0 bridgehead atoms. The number of benzene rings is 2. The molecule has 2 aromatic carbocycles. The Morgan fingerprint density at radius 3 is 2.71 bits per heavy atom. The van der Waals surface area contributed by atoms with E-state index in [-0.39, 0.29) is 22.2 Å². The molecule has 0 radical (unpaired) electrons. The number of halogens is 3. The Kier molecular flexibility index (Phi) is 5.60. The number of nitrogens with one attached hydrogen (secondary N) is 1. The highest BCUT2D eigenvalue weighted by atomic mass is 35.5. The zero-order valence-corrected chi connectivity index (χ0v) is 18.6. The van der Waals surface area contributed by atoms with Crippen molar-refractivity contribution in [2.24, 2.45) is 0 Å². The maximum Gasteiger partial charge on any atom is 0.350 e. The SMILES string of the molecule is O=C(Cn1nc2c(-c3nc(-c4ccc(Cl)cc4)no3)cccn2c1=O)Nc1cc(F)ccc1Cl. The van der Waals surface area contributed by atoms with Crippen LogP contribution in [0.2, 0.25) is 10.0 Å². The average molecular weight is 499 g/mol. The summed E-state index contributed by atoms with van der Waals surface area (Å²) < 4.78 is 21.1. The molecule has 0 aliphatic rings. The highest BCUT2D eigenvalue weighted by Crippen LogP contribution is 2.25. The highest BCUT2D eigenvalue weighted by Gasteiger charge is 2.19. The van der Waals surface area contributed by atoms with Crippen molar-refractivity contribution in [1.82, 2.24) is 24.3 Å². The van der Waals surface area contributed by atoms with E-state index in [4.69, 9.17) is 27.7 Å². The third-order valence-electron chi connectivity index (χ3n) is 4.86. The summed E-state index contributed by atoms with van der Waals surface area (Å²) in [4.78, 5) is 29.6.